The Bertz CT molecular complexity index is 2360. The molecule has 1 aliphatic heterocycles. The number of ether oxygens (including phenoxy) is 2. The predicted octanol–water partition coefficient (Wildman–Crippen LogP) is 9.19. The van der Waals surface area contributed by atoms with E-state index in [2.05, 4.69) is 56.6 Å². The zero-order valence-corrected chi connectivity index (χ0v) is 25.9. The van der Waals surface area contributed by atoms with E-state index in [1.165, 1.54) is 0 Å². The van der Waals surface area contributed by atoms with Gasteiger partial charge < -0.3 is 18.6 Å². The Hall–Kier alpha value is -5.45. The molecule has 6 nitrogen and oxygen atoms in total. The third-order valence-corrected chi connectivity index (χ3v) is 7.93. The van der Waals surface area contributed by atoms with Crippen molar-refractivity contribution in [3.05, 3.63) is 146 Å². The zero-order chi connectivity index (χ0) is 29.0. The summed E-state index contributed by atoms with van der Waals surface area (Å²) in [5.41, 5.74) is 6.38. The van der Waals surface area contributed by atoms with Crippen molar-refractivity contribution in [1.29, 1.82) is 0 Å². The topological polar surface area (TPSA) is 54.1 Å². The van der Waals surface area contributed by atoms with Crippen LogP contribution in [0.3, 0.4) is 0 Å². The Morgan fingerprint density at radius 2 is 1.44 bits per heavy atom. The first kappa shape index (κ1) is 27.1. The number of nitrogens with zero attached hydrogens (tertiary/aromatic N) is 4. The van der Waals surface area contributed by atoms with Crippen molar-refractivity contribution in [2.75, 3.05) is 0 Å². The van der Waals surface area contributed by atoms with E-state index in [1.54, 1.807) is 6.20 Å². The van der Waals surface area contributed by atoms with Gasteiger partial charge in [-0.3, -0.25) is 4.98 Å². The van der Waals surface area contributed by atoms with Gasteiger partial charge in [-0.2, -0.15) is 6.07 Å². The predicted molar refractivity (Wildman–Crippen MR) is 171 cm³/mol. The zero-order valence-electron chi connectivity index (χ0n) is 23.6. The smallest absolute Gasteiger partial charge is 0.503 e. The Morgan fingerprint density at radius 3 is 2.36 bits per heavy atom. The molecule has 8 aromatic rings. The van der Waals surface area contributed by atoms with Crippen molar-refractivity contribution >= 4 is 21.8 Å². The Morgan fingerprint density at radius 1 is 0.644 bits per heavy atom. The minimum Gasteiger partial charge on any atom is -0.503 e. The second kappa shape index (κ2) is 10.9. The van der Waals surface area contributed by atoms with E-state index in [1.807, 2.05) is 97.3 Å². The summed E-state index contributed by atoms with van der Waals surface area (Å²) in [5, 5.41) is 2.22. The number of hydrogen-bond donors (Lipinski definition) is 0. The number of imidazole rings is 1. The summed E-state index contributed by atoms with van der Waals surface area (Å²) in [6, 6.07) is 47.1. The first-order valence-corrected chi connectivity index (χ1v) is 14.3. The molecule has 0 fully saturated rings. The molecule has 0 N–H and O–H groups in total. The molecule has 0 radical (unpaired) electrons. The van der Waals surface area contributed by atoms with Crippen LogP contribution in [0.4, 0.5) is 0 Å². The summed E-state index contributed by atoms with van der Waals surface area (Å²) in [4.78, 5) is 9.49. The summed E-state index contributed by atoms with van der Waals surface area (Å²) in [7, 11) is 0. The monoisotopic (exact) mass is 761 g/mol. The average molecular weight is 762 g/mol. The maximum absolute atomic E-state index is 6.40. The fourth-order valence-electron chi connectivity index (χ4n) is 6.02. The number of hydrogen-bond acceptors (Lipinski definition) is 4. The van der Waals surface area contributed by atoms with Crippen LogP contribution < -0.4 is 9.47 Å². The van der Waals surface area contributed by atoms with Crippen LogP contribution in [0.2, 0.25) is 0 Å². The number of aromatic nitrogens is 4. The van der Waals surface area contributed by atoms with E-state index in [4.69, 9.17) is 14.5 Å². The first-order chi connectivity index (χ1) is 21.8. The summed E-state index contributed by atoms with van der Waals surface area (Å²) in [5.74, 6) is 3.53. The molecule has 0 unspecified atom stereocenters. The van der Waals surface area contributed by atoms with Gasteiger partial charge in [0.1, 0.15) is 11.6 Å². The normalized spacial score (nSPS) is 11.6. The number of benzene rings is 5. The molecule has 1 aliphatic rings. The van der Waals surface area contributed by atoms with Gasteiger partial charge in [0.05, 0.1) is 12.0 Å². The summed E-state index contributed by atoms with van der Waals surface area (Å²) < 4.78 is 16.9. The molecule has 7 heteroatoms. The molecule has 0 amide bonds. The van der Waals surface area contributed by atoms with E-state index in [0.29, 0.717) is 11.5 Å². The molecule has 216 valence electrons. The number of para-hydroxylation sites is 4. The Balaban J connectivity index is 0.00000300. The van der Waals surface area contributed by atoms with Gasteiger partial charge in [-0.25, -0.2) is 4.98 Å². The maximum Gasteiger partial charge on any atom is 2.00 e. The quantitative estimate of drug-likeness (QED) is 0.168. The molecule has 0 atom stereocenters. The van der Waals surface area contributed by atoms with Crippen molar-refractivity contribution < 1.29 is 30.5 Å². The summed E-state index contributed by atoms with van der Waals surface area (Å²) >= 11 is 0. The van der Waals surface area contributed by atoms with Crippen LogP contribution >= 0.6 is 0 Å². The van der Waals surface area contributed by atoms with Crippen molar-refractivity contribution in [1.82, 2.24) is 19.1 Å². The standard InChI is InChI=1S/C38H22N4O2.Pt/c1-3-14-31-28(12-1)29-20-19-27(23-33(29)42(31)36-18-7-8-21-39-36)43-26-11-9-10-25(22-26)37-38-30-13-2-5-16-34(30)44-35-17-6-4-15-32(35)41(38)24-40-37;/h1-21,24H;/q-2;+2. The summed E-state index contributed by atoms with van der Waals surface area (Å²) in [6.07, 6.45) is 3.64. The van der Waals surface area contributed by atoms with Crippen LogP contribution in [0.25, 0.3) is 55.8 Å². The molecule has 5 aromatic carbocycles. The van der Waals surface area contributed by atoms with Gasteiger partial charge >= 0.3 is 21.1 Å². The molecule has 9 rings (SSSR count). The SMILES string of the molecule is [Pt+2].[c-]1c(Oc2[c-]c3c(cc2)c2ccccc2n3-c2ccccn2)cccc1-c1ncn2c1-c1ccccc1Oc1ccccc1-2. The minimum absolute atomic E-state index is 0. The third kappa shape index (κ3) is 4.45. The van der Waals surface area contributed by atoms with Gasteiger partial charge in [-0.15, -0.1) is 41.3 Å². The Kier molecular flexibility index (Phi) is 6.58. The van der Waals surface area contributed by atoms with Gasteiger partial charge in [-0.1, -0.05) is 60.1 Å². The molecule has 0 saturated heterocycles. The van der Waals surface area contributed by atoms with E-state index in [0.717, 1.165) is 67.3 Å². The van der Waals surface area contributed by atoms with Crippen LogP contribution in [-0.4, -0.2) is 19.1 Å². The van der Waals surface area contributed by atoms with Crippen LogP contribution in [0.1, 0.15) is 0 Å². The third-order valence-electron chi connectivity index (χ3n) is 7.93. The number of pyridine rings is 1. The van der Waals surface area contributed by atoms with Crippen LogP contribution in [0, 0.1) is 12.1 Å². The van der Waals surface area contributed by atoms with Crippen molar-refractivity contribution in [2.24, 2.45) is 0 Å². The number of rotatable bonds is 4. The van der Waals surface area contributed by atoms with E-state index in [-0.39, 0.29) is 21.1 Å². The largest absolute Gasteiger partial charge is 2.00 e. The second-order valence-electron chi connectivity index (χ2n) is 10.5. The van der Waals surface area contributed by atoms with Crippen molar-refractivity contribution in [3.8, 4) is 57.0 Å². The molecule has 0 spiro atoms. The molecular formula is C38H22N4O2Pt. The van der Waals surface area contributed by atoms with Crippen LogP contribution in [0.15, 0.2) is 134 Å². The second-order valence-corrected chi connectivity index (χ2v) is 10.5. The average Bonchev–Trinajstić information content (AvgIpc) is 3.61. The fraction of sp³-hybridized carbons (Fsp3) is 0. The van der Waals surface area contributed by atoms with Gasteiger partial charge in [0.25, 0.3) is 0 Å². The van der Waals surface area contributed by atoms with E-state index >= 15 is 0 Å². The molecule has 45 heavy (non-hydrogen) atoms. The number of fused-ring (bicyclic) bond motifs is 8. The first-order valence-electron chi connectivity index (χ1n) is 14.3. The van der Waals surface area contributed by atoms with E-state index < -0.39 is 0 Å². The van der Waals surface area contributed by atoms with Gasteiger partial charge in [-0.05, 0) is 47.9 Å². The molecule has 0 saturated carbocycles. The molecular weight excluding hydrogens is 740 g/mol. The molecule has 0 aliphatic carbocycles. The summed E-state index contributed by atoms with van der Waals surface area (Å²) in [6.45, 7) is 0. The van der Waals surface area contributed by atoms with Gasteiger partial charge in [0.2, 0.25) is 0 Å². The van der Waals surface area contributed by atoms with Crippen LogP contribution in [0.5, 0.6) is 23.0 Å². The van der Waals surface area contributed by atoms with Crippen molar-refractivity contribution in [2.45, 2.75) is 0 Å². The van der Waals surface area contributed by atoms with Gasteiger partial charge in [0.15, 0.2) is 5.75 Å². The molecule has 3 aromatic heterocycles. The Labute approximate surface area is 273 Å². The molecule has 0 bridgehead atoms. The fourth-order valence-corrected chi connectivity index (χ4v) is 6.02. The minimum atomic E-state index is 0. The van der Waals surface area contributed by atoms with Crippen LogP contribution in [-0.2, 0) is 21.1 Å². The van der Waals surface area contributed by atoms with E-state index in [9.17, 15) is 0 Å². The molecule has 4 heterocycles. The maximum atomic E-state index is 6.40. The van der Waals surface area contributed by atoms with Gasteiger partial charge in [0, 0.05) is 40.2 Å². The van der Waals surface area contributed by atoms with Crippen molar-refractivity contribution in [3.63, 3.8) is 0 Å².